The van der Waals surface area contributed by atoms with E-state index in [0.29, 0.717) is 47.5 Å². The van der Waals surface area contributed by atoms with Crippen LogP contribution in [0, 0.1) is 13.8 Å². The Labute approximate surface area is 335 Å². The summed E-state index contributed by atoms with van der Waals surface area (Å²) in [6.45, 7) is 6.35. The predicted octanol–water partition coefficient (Wildman–Crippen LogP) is 6.64. The topological polar surface area (TPSA) is 170 Å². The van der Waals surface area contributed by atoms with Crippen LogP contribution in [0.25, 0.3) is 0 Å². The zero-order valence-electron chi connectivity index (χ0n) is 33.2. The van der Waals surface area contributed by atoms with Crippen LogP contribution in [0.4, 0.5) is 40.8 Å². The van der Waals surface area contributed by atoms with E-state index in [1.807, 2.05) is 13.8 Å². The summed E-state index contributed by atoms with van der Waals surface area (Å²) < 4.78 is 73.5. The third kappa shape index (κ3) is 10.00. The molecule has 2 aliphatic heterocycles. The highest BCUT2D eigenvalue weighted by Crippen LogP contribution is 2.43. The first kappa shape index (κ1) is 42.6. The zero-order valence-corrected chi connectivity index (χ0v) is 33.2. The Morgan fingerprint density at radius 2 is 1.14 bits per heavy atom. The van der Waals surface area contributed by atoms with Crippen LogP contribution < -0.4 is 31.6 Å². The molecule has 0 aromatic carbocycles. The number of ketones is 1. The summed E-state index contributed by atoms with van der Waals surface area (Å²) in [5.41, 5.74) is 13.9. The van der Waals surface area contributed by atoms with Crippen molar-refractivity contribution in [2.75, 3.05) is 50.0 Å². The lowest BCUT2D eigenvalue weighted by molar-refractivity contribution is -0.147. The summed E-state index contributed by atoms with van der Waals surface area (Å²) >= 11 is 0. The molecule has 0 saturated carbocycles. The molecule has 2 fully saturated rings. The number of halogens is 4. The molecular formula is C41H52F4N10O3. The van der Waals surface area contributed by atoms with Crippen molar-refractivity contribution in [3.8, 4) is 11.5 Å². The average molecular weight is 809 g/mol. The second-order valence-electron chi connectivity index (χ2n) is 14.8. The fourth-order valence-electron chi connectivity index (χ4n) is 7.72. The van der Waals surface area contributed by atoms with Crippen molar-refractivity contribution >= 4 is 29.1 Å². The standard InChI is InChI=1S/C41H52F4N10O3/c1-5-57-29-13-17-48-33(19-29)50-31-9-7-25(3)35(52-31)37(54-23-40(42,43)15-11-27(54)21-46)39(56)38(55-24-41(44,45)16-12-28(55)22-47)36-26(4)8-10-32(53-36)51-34-20-30(58-6-2)14-18-49-34/h7-10,13-14,17-20,27-28,37-38H,5-6,11-12,15-16,21-24,46-47H2,1-4H3,(H,48,50,52)(H,49,51,53)/t27?,28?,37-,38-/m1/s1. The van der Waals surface area contributed by atoms with Gasteiger partial charge in [-0.05, 0) is 75.9 Å². The van der Waals surface area contributed by atoms with Crippen molar-refractivity contribution in [1.29, 1.82) is 0 Å². The van der Waals surface area contributed by atoms with Crippen molar-refractivity contribution in [2.45, 2.75) is 89.4 Å². The van der Waals surface area contributed by atoms with Crippen LogP contribution in [0.15, 0.2) is 60.9 Å². The highest BCUT2D eigenvalue weighted by molar-refractivity contribution is 5.91. The lowest BCUT2D eigenvalue weighted by atomic mass is 9.86. The molecule has 6 rings (SSSR count). The summed E-state index contributed by atoms with van der Waals surface area (Å²) in [5, 5.41) is 6.29. The van der Waals surface area contributed by atoms with Gasteiger partial charge in [-0.15, -0.1) is 0 Å². The molecule has 4 aromatic heterocycles. The van der Waals surface area contributed by atoms with Crippen LogP contribution in [0.3, 0.4) is 0 Å². The van der Waals surface area contributed by atoms with Crippen molar-refractivity contribution in [3.63, 3.8) is 0 Å². The third-order valence-corrected chi connectivity index (χ3v) is 10.6. The predicted molar refractivity (Wildman–Crippen MR) is 213 cm³/mol. The molecule has 4 atom stereocenters. The molecule has 0 radical (unpaired) electrons. The number of carbonyl (C=O) groups is 1. The number of carbonyl (C=O) groups excluding carboxylic acids is 1. The smallest absolute Gasteiger partial charge is 0.260 e. The molecule has 0 amide bonds. The molecule has 58 heavy (non-hydrogen) atoms. The highest BCUT2D eigenvalue weighted by atomic mass is 19.3. The molecule has 6 N–H and O–H groups in total. The molecule has 2 saturated heterocycles. The summed E-state index contributed by atoms with van der Waals surface area (Å²) in [6.07, 6.45) is 2.28. The molecule has 0 bridgehead atoms. The van der Waals surface area contributed by atoms with E-state index >= 15 is 22.4 Å². The number of anilines is 4. The summed E-state index contributed by atoms with van der Waals surface area (Å²) in [6, 6.07) is 9.33. The maximum absolute atomic E-state index is 15.8. The number of nitrogens with one attached hydrogen (secondary N) is 2. The largest absolute Gasteiger partial charge is 0.494 e. The average Bonchev–Trinajstić information content (AvgIpc) is 3.18. The molecule has 0 spiro atoms. The van der Waals surface area contributed by atoms with Gasteiger partial charge in [-0.25, -0.2) is 37.5 Å². The number of nitrogens with two attached hydrogens (primary N) is 2. The van der Waals surface area contributed by atoms with Gasteiger partial charge in [-0.2, -0.15) is 0 Å². The number of rotatable bonds is 16. The van der Waals surface area contributed by atoms with E-state index in [1.54, 1.807) is 74.8 Å². The number of aryl methyl sites for hydroxylation is 2. The Hall–Kier alpha value is -4.97. The van der Waals surface area contributed by atoms with Crippen molar-refractivity contribution in [2.24, 2.45) is 11.5 Å². The minimum absolute atomic E-state index is 0.000772. The first-order valence-corrected chi connectivity index (χ1v) is 19.6. The van der Waals surface area contributed by atoms with Gasteiger partial charge < -0.3 is 31.6 Å². The van der Waals surface area contributed by atoms with Gasteiger partial charge in [0, 0.05) is 62.5 Å². The minimum Gasteiger partial charge on any atom is -0.494 e. The fourth-order valence-corrected chi connectivity index (χ4v) is 7.72. The van der Waals surface area contributed by atoms with Crippen molar-refractivity contribution in [3.05, 3.63) is 83.4 Å². The van der Waals surface area contributed by atoms with Crippen LogP contribution in [0.5, 0.6) is 11.5 Å². The van der Waals surface area contributed by atoms with Crippen molar-refractivity contribution in [1.82, 2.24) is 29.7 Å². The maximum atomic E-state index is 15.8. The number of likely N-dealkylation sites (tertiary alicyclic amines) is 2. The number of hydrogen-bond donors (Lipinski definition) is 4. The molecule has 2 aliphatic rings. The highest BCUT2D eigenvalue weighted by Gasteiger charge is 2.51. The second-order valence-corrected chi connectivity index (χ2v) is 14.8. The number of piperidine rings is 2. The first-order valence-electron chi connectivity index (χ1n) is 19.6. The lowest BCUT2D eigenvalue weighted by Crippen LogP contribution is -2.58. The summed E-state index contributed by atoms with van der Waals surface area (Å²) in [7, 11) is 0. The monoisotopic (exact) mass is 808 g/mol. The van der Waals surface area contributed by atoms with E-state index in [-0.39, 0.29) is 49.0 Å². The number of aromatic nitrogens is 4. The summed E-state index contributed by atoms with van der Waals surface area (Å²) in [5.74, 6) is -4.55. The SMILES string of the molecule is CCOc1ccnc(Nc2ccc(C)c([C@H](C(=O)[C@@H](c3nc(Nc4cc(OCC)ccn4)ccc3C)N3CC(F)(F)CCC3CN)N3CC(F)(F)CCC3CN)n2)c1. The zero-order chi connectivity index (χ0) is 41.6. The Bertz CT molecular complexity index is 1900. The molecule has 2 unspecified atom stereocenters. The Morgan fingerprint density at radius 1 is 0.724 bits per heavy atom. The van der Waals surface area contributed by atoms with E-state index in [4.69, 9.17) is 30.9 Å². The van der Waals surface area contributed by atoms with Crippen LogP contribution in [0.2, 0.25) is 0 Å². The van der Waals surface area contributed by atoms with E-state index < -0.39 is 67.7 Å². The molecule has 312 valence electrons. The van der Waals surface area contributed by atoms with Crippen molar-refractivity contribution < 1.29 is 31.8 Å². The van der Waals surface area contributed by atoms with Gasteiger partial charge in [0.1, 0.15) is 46.9 Å². The van der Waals surface area contributed by atoms with Gasteiger partial charge in [-0.3, -0.25) is 14.6 Å². The maximum Gasteiger partial charge on any atom is 0.260 e. The molecule has 13 nitrogen and oxygen atoms in total. The molecule has 0 aliphatic carbocycles. The van der Waals surface area contributed by atoms with E-state index in [0.717, 1.165) is 0 Å². The summed E-state index contributed by atoms with van der Waals surface area (Å²) in [4.78, 5) is 37.1. The number of Topliss-reactive ketones (excluding diaryl/α,β-unsaturated/α-hetero) is 1. The number of ether oxygens (including phenoxy) is 2. The minimum atomic E-state index is -3.17. The van der Waals surface area contributed by atoms with E-state index in [2.05, 4.69) is 20.6 Å². The Kier molecular flexibility index (Phi) is 13.5. The molecular weight excluding hydrogens is 757 g/mol. The van der Waals surface area contributed by atoms with Gasteiger partial charge >= 0.3 is 0 Å². The number of pyridine rings is 4. The fraction of sp³-hybridized carbons (Fsp3) is 0.488. The third-order valence-electron chi connectivity index (χ3n) is 10.6. The van der Waals surface area contributed by atoms with Crippen LogP contribution in [-0.4, -0.2) is 98.8 Å². The first-order chi connectivity index (χ1) is 27.7. The number of nitrogens with zero attached hydrogens (tertiary/aromatic N) is 6. The quantitative estimate of drug-likeness (QED) is 0.0891. The van der Waals surface area contributed by atoms with Crippen LogP contribution in [0.1, 0.15) is 74.1 Å². The molecule has 6 heterocycles. The van der Waals surface area contributed by atoms with Gasteiger partial charge in [0.15, 0.2) is 5.78 Å². The van der Waals surface area contributed by atoms with Gasteiger partial charge in [0.05, 0.1) is 37.7 Å². The number of hydrogen-bond acceptors (Lipinski definition) is 13. The Balaban J connectivity index is 1.51. The lowest BCUT2D eigenvalue weighted by Gasteiger charge is -2.47. The normalized spacial score (nSPS) is 20.5. The van der Waals surface area contributed by atoms with Gasteiger partial charge in [0.25, 0.3) is 11.8 Å². The Morgan fingerprint density at radius 3 is 1.52 bits per heavy atom. The van der Waals surface area contributed by atoms with E-state index in [1.165, 1.54) is 9.80 Å². The van der Waals surface area contributed by atoms with Gasteiger partial charge in [0.2, 0.25) is 0 Å². The molecule has 4 aromatic rings. The molecule has 17 heteroatoms. The second kappa shape index (κ2) is 18.3. The number of alkyl halides is 4. The van der Waals surface area contributed by atoms with Crippen LogP contribution in [-0.2, 0) is 4.79 Å². The van der Waals surface area contributed by atoms with E-state index in [9.17, 15) is 0 Å². The van der Waals surface area contributed by atoms with Gasteiger partial charge in [-0.1, -0.05) is 12.1 Å². The van der Waals surface area contributed by atoms with Crippen LogP contribution >= 0.6 is 0 Å².